The van der Waals surface area contributed by atoms with Crippen molar-refractivity contribution >= 4 is 0 Å². The number of hydrogen-bond acceptors (Lipinski definition) is 3. The van der Waals surface area contributed by atoms with Crippen LogP contribution < -0.4 is 5.73 Å². The van der Waals surface area contributed by atoms with Gasteiger partial charge in [-0.05, 0) is 32.7 Å². The van der Waals surface area contributed by atoms with Gasteiger partial charge in [-0.15, -0.1) is 0 Å². The molecule has 0 amide bonds. The zero-order valence-electron chi connectivity index (χ0n) is 9.75. The van der Waals surface area contributed by atoms with Gasteiger partial charge in [-0.2, -0.15) is 0 Å². The summed E-state index contributed by atoms with van der Waals surface area (Å²) in [5.41, 5.74) is 5.98. The molecule has 0 aromatic heterocycles. The second-order valence-corrected chi connectivity index (χ2v) is 4.66. The van der Waals surface area contributed by atoms with Crippen LogP contribution in [0.3, 0.4) is 0 Å². The summed E-state index contributed by atoms with van der Waals surface area (Å²) in [6.45, 7) is 8.14. The average molecular weight is 200 g/mol. The van der Waals surface area contributed by atoms with Crippen molar-refractivity contribution in [2.24, 2.45) is 11.7 Å². The van der Waals surface area contributed by atoms with Crippen LogP contribution in [0.4, 0.5) is 0 Å². The number of hydrogen-bond donors (Lipinski definition) is 1. The minimum atomic E-state index is 0.155. The molecule has 3 nitrogen and oxygen atoms in total. The maximum absolute atomic E-state index is 5.82. The fourth-order valence-electron chi connectivity index (χ4n) is 1.91. The molecule has 1 saturated heterocycles. The number of rotatable bonds is 5. The van der Waals surface area contributed by atoms with Gasteiger partial charge in [0.05, 0.1) is 6.61 Å². The molecule has 0 spiro atoms. The summed E-state index contributed by atoms with van der Waals surface area (Å²) < 4.78 is 5.38. The van der Waals surface area contributed by atoms with Crippen LogP contribution in [0.5, 0.6) is 0 Å². The van der Waals surface area contributed by atoms with Crippen LogP contribution in [-0.4, -0.2) is 43.8 Å². The van der Waals surface area contributed by atoms with Crippen LogP contribution in [0.2, 0.25) is 0 Å². The molecule has 1 aliphatic heterocycles. The minimum Gasteiger partial charge on any atom is -0.381 e. The molecular formula is C11H24N2O. The van der Waals surface area contributed by atoms with E-state index >= 15 is 0 Å². The van der Waals surface area contributed by atoms with Gasteiger partial charge in [0.25, 0.3) is 0 Å². The lowest BCUT2D eigenvalue weighted by molar-refractivity contribution is 0.108. The predicted molar refractivity (Wildman–Crippen MR) is 59.3 cm³/mol. The van der Waals surface area contributed by atoms with E-state index in [1.165, 1.54) is 6.42 Å². The third kappa shape index (κ3) is 2.69. The van der Waals surface area contributed by atoms with Crippen LogP contribution in [0, 0.1) is 5.92 Å². The summed E-state index contributed by atoms with van der Waals surface area (Å²) in [6.07, 6.45) is 2.31. The average Bonchev–Trinajstić information content (AvgIpc) is 2.69. The molecule has 84 valence electrons. The predicted octanol–water partition coefficient (Wildman–Crippen LogP) is 1.08. The zero-order chi connectivity index (χ0) is 10.6. The Labute approximate surface area is 87.6 Å². The highest BCUT2D eigenvalue weighted by molar-refractivity contribution is 4.85. The maximum Gasteiger partial charge on any atom is 0.0507 e. The van der Waals surface area contributed by atoms with Gasteiger partial charge < -0.3 is 10.5 Å². The van der Waals surface area contributed by atoms with Gasteiger partial charge in [-0.25, -0.2) is 0 Å². The maximum atomic E-state index is 5.82. The Bertz CT molecular complexity index is 163. The topological polar surface area (TPSA) is 38.5 Å². The van der Waals surface area contributed by atoms with Crippen LogP contribution in [0.1, 0.15) is 26.7 Å². The Morgan fingerprint density at radius 2 is 2.29 bits per heavy atom. The van der Waals surface area contributed by atoms with Gasteiger partial charge in [-0.3, -0.25) is 4.90 Å². The molecule has 2 N–H and O–H groups in total. The highest BCUT2D eigenvalue weighted by Crippen LogP contribution is 2.20. The molecule has 1 heterocycles. The molecule has 0 bridgehead atoms. The van der Waals surface area contributed by atoms with E-state index in [4.69, 9.17) is 10.5 Å². The fraction of sp³-hybridized carbons (Fsp3) is 1.00. The monoisotopic (exact) mass is 200 g/mol. The lowest BCUT2D eigenvalue weighted by atomic mass is 9.95. The normalized spacial score (nSPS) is 26.8. The smallest absolute Gasteiger partial charge is 0.0507 e. The lowest BCUT2D eigenvalue weighted by Gasteiger charge is -2.38. The van der Waals surface area contributed by atoms with E-state index in [2.05, 4.69) is 25.8 Å². The quantitative estimate of drug-likeness (QED) is 0.722. The first kappa shape index (κ1) is 12.0. The number of ether oxygens (including phenoxy) is 1. The third-order valence-corrected chi connectivity index (χ3v) is 3.68. The Balaban J connectivity index is 2.42. The molecule has 1 fully saturated rings. The summed E-state index contributed by atoms with van der Waals surface area (Å²) in [7, 11) is 2.18. The van der Waals surface area contributed by atoms with E-state index in [9.17, 15) is 0 Å². The summed E-state index contributed by atoms with van der Waals surface area (Å²) in [5, 5.41) is 0. The molecule has 2 unspecified atom stereocenters. The van der Waals surface area contributed by atoms with Crippen molar-refractivity contribution in [2.75, 3.05) is 33.4 Å². The van der Waals surface area contributed by atoms with Crippen LogP contribution >= 0.6 is 0 Å². The van der Waals surface area contributed by atoms with Crippen LogP contribution in [0.15, 0.2) is 0 Å². The van der Waals surface area contributed by atoms with Crippen molar-refractivity contribution in [1.82, 2.24) is 4.90 Å². The molecule has 1 rings (SSSR count). The number of likely N-dealkylation sites (N-methyl/N-ethyl adjacent to an activating group) is 1. The Hall–Kier alpha value is -0.120. The molecule has 0 saturated carbocycles. The molecule has 0 aromatic carbocycles. The zero-order valence-corrected chi connectivity index (χ0v) is 9.75. The second-order valence-electron chi connectivity index (χ2n) is 4.66. The van der Waals surface area contributed by atoms with Crippen LogP contribution in [0.25, 0.3) is 0 Å². The molecule has 0 radical (unpaired) electrons. The van der Waals surface area contributed by atoms with E-state index in [0.717, 1.165) is 32.7 Å². The van der Waals surface area contributed by atoms with Gasteiger partial charge in [0, 0.05) is 25.2 Å². The highest BCUT2D eigenvalue weighted by Gasteiger charge is 2.28. The molecular weight excluding hydrogens is 176 g/mol. The summed E-state index contributed by atoms with van der Waals surface area (Å²) in [5.74, 6) is 0.706. The highest BCUT2D eigenvalue weighted by atomic mass is 16.5. The summed E-state index contributed by atoms with van der Waals surface area (Å²) >= 11 is 0. The molecule has 3 heteroatoms. The van der Waals surface area contributed by atoms with Gasteiger partial charge in [0.2, 0.25) is 0 Å². The summed E-state index contributed by atoms with van der Waals surface area (Å²) in [4.78, 5) is 2.40. The van der Waals surface area contributed by atoms with Gasteiger partial charge in [-0.1, -0.05) is 6.92 Å². The van der Waals surface area contributed by atoms with E-state index in [1.54, 1.807) is 0 Å². The fourth-order valence-corrected chi connectivity index (χ4v) is 1.91. The van der Waals surface area contributed by atoms with Gasteiger partial charge in [0.1, 0.15) is 0 Å². The van der Waals surface area contributed by atoms with Crippen molar-refractivity contribution in [2.45, 2.75) is 32.2 Å². The van der Waals surface area contributed by atoms with Crippen molar-refractivity contribution in [3.63, 3.8) is 0 Å². The molecule has 1 aliphatic rings. The SMILES string of the molecule is CCC(C)(CN)N(C)CC1CCOC1. The number of nitrogens with two attached hydrogens (primary N) is 1. The van der Waals surface area contributed by atoms with Gasteiger partial charge >= 0.3 is 0 Å². The minimum absolute atomic E-state index is 0.155. The van der Waals surface area contributed by atoms with E-state index in [-0.39, 0.29) is 5.54 Å². The number of nitrogens with zero attached hydrogens (tertiary/aromatic N) is 1. The van der Waals surface area contributed by atoms with E-state index in [0.29, 0.717) is 5.92 Å². The Kier molecular flexibility index (Phi) is 4.35. The first-order valence-electron chi connectivity index (χ1n) is 5.61. The Morgan fingerprint density at radius 1 is 1.57 bits per heavy atom. The molecule has 0 aliphatic carbocycles. The van der Waals surface area contributed by atoms with Crippen LogP contribution in [-0.2, 0) is 4.74 Å². The molecule has 0 aromatic rings. The standard InChI is InChI=1S/C11H24N2O/c1-4-11(2,9-12)13(3)7-10-5-6-14-8-10/h10H,4-9,12H2,1-3H3. The first-order valence-corrected chi connectivity index (χ1v) is 5.61. The summed E-state index contributed by atoms with van der Waals surface area (Å²) in [6, 6.07) is 0. The van der Waals surface area contributed by atoms with Crippen molar-refractivity contribution in [3.8, 4) is 0 Å². The molecule has 2 atom stereocenters. The van der Waals surface area contributed by atoms with Crippen molar-refractivity contribution < 1.29 is 4.74 Å². The van der Waals surface area contributed by atoms with Crippen molar-refractivity contribution in [1.29, 1.82) is 0 Å². The molecule has 14 heavy (non-hydrogen) atoms. The van der Waals surface area contributed by atoms with Crippen molar-refractivity contribution in [3.05, 3.63) is 0 Å². The Morgan fingerprint density at radius 3 is 2.71 bits per heavy atom. The lowest BCUT2D eigenvalue weighted by Crippen LogP contribution is -2.50. The van der Waals surface area contributed by atoms with Gasteiger partial charge in [0.15, 0.2) is 0 Å². The van der Waals surface area contributed by atoms with E-state index in [1.807, 2.05) is 0 Å². The second kappa shape index (κ2) is 5.10. The third-order valence-electron chi connectivity index (χ3n) is 3.68. The largest absolute Gasteiger partial charge is 0.381 e. The van der Waals surface area contributed by atoms with E-state index < -0.39 is 0 Å². The first-order chi connectivity index (χ1) is 6.62.